The molecule has 0 fully saturated rings. The topological polar surface area (TPSA) is 38.0 Å². The third-order valence-electron chi connectivity index (χ3n) is 3.86. The van der Waals surface area contributed by atoms with Crippen LogP contribution in [0.5, 0.6) is 0 Å². The molecule has 0 radical (unpaired) electrons. The zero-order valence-electron chi connectivity index (χ0n) is 11.6. The van der Waals surface area contributed by atoms with E-state index >= 15 is 0 Å². The van der Waals surface area contributed by atoms with Gasteiger partial charge in [-0.25, -0.2) is 8.78 Å². The molecule has 0 amide bonds. The average molecular weight is 306 g/mol. The number of benzene rings is 2. The first-order chi connectivity index (χ1) is 10.1. The average Bonchev–Trinajstić information content (AvgIpc) is 2.91. The van der Waals surface area contributed by atoms with Gasteiger partial charge in [-0.3, -0.25) is 11.3 Å². The number of rotatable bonds is 3. The van der Waals surface area contributed by atoms with E-state index in [0.717, 1.165) is 6.42 Å². The summed E-state index contributed by atoms with van der Waals surface area (Å²) in [6, 6.07) is 10.8. The molecule has 2 unspecified atom stereocenters. The maximum absolute atomic E-state index is 14.2. The first kappa shape index (κ1) is 14.5. The van der Waals surface area contributed by atoms with Gasteiger partial charge in [-0.1, -0.05) is 30.3 Å². The quantitative estimate of drug-likeness (QED) is 0.673. The van der Waals surface area contributed by atoms with Crippen LogP contribution in [0, 0.1) is 18.6 Å². The summed E-state index contributed by atoms with van der Waals surface area (Å²) in [5.41, 5.74) is 4.46. The highest BCUT2D eigenvalue weighted by Crippen LogP contribution is 2.42. The monoisotopic (exact) mass is 306 g/mol. The van der Waals surface area contributed by atoms with Crippen LogP contribution in [-0.2, 0) is 6.42 Å². The van der Waals surface area contributed by atoms with Crippen LogP contribution < -0.4 is 11.3 Å². The minimum atomic E-state index is -0.811. The minimum Gasteiger partial charge on any atom is -0.271 e. The standard InChI is InChI=1S/C16H16F2N2S/c1-9-6-7-11(15(18)14(9)17)16(20-19)13-8-10-4-2-3-5-12(10)21-13/h2-7,13,16,20H,8,19H2,1H3. The van der Waals surface area contributed by atoms with Crippen LogP contribution in [-0.4, -0.2) is 5.25 Å². The summed E-state index contributed by atoms with van der Waals surface area (Å²) in [5, 5.41) is 0.0454. The summed E-state index contributed by atoms with van der Waals surface area (Å²) in [4.78, 5) is 1.18. The van der Waals surface area contributed by atoms with Gasteiger partial charge in [0, 0.05) is 15.7 Å². The Morgan fingerprint density at radius 1 is 1.19 bits per heavy atom. The van der Waals surface area contributed by atoms with Crippen molar-refractivity contribution in [3.63, 3.8) is 0 Å². The Kier molecular flexibility index (Phi) is 3.97. The number of thioether (sulfide) groups is 1. The second kappa shape index (κ2) is 5.75. The summed E-state index contributed by atoms with van der Waals surface area (Å²) in [7, 11) is 0. The molecule has 2 atom stereocenters. The van der Waals surface area contributed by atoms with E-state index in [9.17, 15) is 8.78 Å². The molecule has 0 aliphatic carbocycles. The van der Waals surface area contributed by atoms with Crippen LogP contribution in [0.4, 0.5) is 8.78 Å². The van der Waals surface area contributed by atoms with Crippen molar-refractivity contribution in [3.8, 4) is 0 Å². The van der Waals surface area contributed by atoms with Gasteiger partial charge in [0.25, 0.3) is 0 Å². The second-order valence-corrected chi connectivity index (χ2v) is 6.49. The molecule has 0 aromatic heterocycles. The molecule has 5 heteroatoms. The number of fused-ring (bicyclic) bond motifs is 1. The maximum Gasteiger partial charge on any atom is 0.163 e. The highest BCUT2D eigenvalue weighted by molar-refractivity contribution is 8.00. The lowest BCUT2D eigenvalue weighted by Crippen LogP contribution is -2.36. The zero-order chi connectivity index (χ0) is 15.0. The van der Waals surface area contributed by atoms with Gasteiger partial charge in [0.1, 0.15) is 0 Å². The second-order valence-electron chi connectivity index (χ2n) is 5.21. The Bertz CT molecular complexity index is 650. The first-order valence-corrected chi connectivity index (χ1v) is 7.65. The van der Waals surface area contributed by atoms with E-state index in [-0.39, 0.29) is 10.8 Å². The molecule has 1 aliphatic rings. The molecule has 1 aliphatic heterocycles. The van der Waals surface area contributed by atoms with Gasteiger partial charge in [-0.2, -0.15) is 0 Å². The number of hydrogen-bond acceptors (Lipinski definition) is 3. The van der Waals surface area contributed by atoms with Gasteiger partial charge in [-0.05, 0) is 30.5 Å². The summed E-state index contributed by atoms with van der Waals surface area (Å²) in [6.45, 7) is 1.55. The maximum atomic E-state index is 14.2. The molecule has 3 rings (SSSR count). The number of hydrogen-bond donors (Lipinski definition) is 2. The number of nitrogens with two attached hydrogens (primary N) is 1. The fourth-order valence-corrected chi connectivity index (χ4v) is 4.10. The molecule has 0 saturated heterocycles. The van der Waals surface area contributed by atoms with E-state index in [1.165, 1.54) is 10.5 Å². The molecule has 0 bridgehead atoms. The van der Waals surface area contributed by atoms with E-state index in [1.54, 1.807) is 30.8 Å². The Hall–Kier alpha value is -1.43. The van der Waals surface area contributed by atoms with Gasteiger partial charge >= 0.3 is 0 Å². The van der Waals surface area contributed by atoms with Crippen LogP contribution in [0.2, 0.25) is 0 Å². The van der Waals surface area contributed by atoms with Crippen LogP contribution in [0.1, 0.15) is 22.7 Å². The number of hydrazine groups is 1. The van der Waals surface area contributed by atoms with Gasteiger partial charge < -0.3 is 0 Å². The molecule has 2 aromatic carbocycles. The van der Waals surface area contributed by atoms with E-state index in [1.807, 2.05) is 18.2 Å². The lowest BCUT2D eigenvalue weighted by atomic mass is 9.97. The molecular formula is C16H16F2N2S. The van der Waals surface area contributed by atoms with Crippen molar-refractivity contribution < 1.29 is 8.78 Å². The van der Waals surface area contributed by atoms with Crippen LogP contribution >= 0.6 is 11.8 Å². The van der Waals surface area contributed by atoms with Gasteiger partial charge in [0.15, 0.2) is 11.6 Å². The fraction of sp³-hybridized carbons (Fsp3) is 0.250. The Morgan fingerprint density at radius 2 is 1.95 bits per heavy atom. The minimum absolute atomic E-state index is 0.0454. The van der Waals surface area contributed by atoms with Gasteiger partial charge in [-0.15, -0.1) is 11.8 Å². The Labute approximate surface area is 126 Å². The largest absolute Gasteiger partial charge is 0.271 e. The van der Waals surface area contributed by atoms with Crippen molar-refractivity contribution in [3.05, 3.63) is 64.7 Å². The molecule has 21 heavy (non-hydrogen) atoms. The first-order valence-electron chi connectivity index (χ1n) is 6.77. The van der Waals surface area contributed by atoms with Crippen LogP contribution in [0.3, 0.4) is 0 Å². The van der Waals surface area contributed by atoms with Crippen molar-refractivity contribution in [1.82, 2.24) is 5.43 Å². The third kappa shape index (κ3) is 2.57. The highest BCUT2D eigenvalue weighted by Gasteiger charge is 2.32. The van der Waals surface area contributed by atoms with Crippen molar-refractivity contribution in [2.24, 2.45) is 5.84 Å². The predicted molar refractivity (Wildman–Crippen MR) is 81.0 cm³/mol. The number of halogens is 2. The number of nitrogens with one attached hydrogen (secondary N) is 1. The summed E-state index contributed by atoms with van der Waals surface area (Å²) in [5.74, 6) is 4.02. The van der Waals surface area contributed by atoms with Gasteiger partial charge in [0.05, 0.1) is 6.04 Å². The lowest BCUT2D eigenvalue weighted by molar-refractivity contribution is 0.456. The van der Waals surface area contributed by atoms with Crippen LogP contribution in [0.15, 0.2) is 41.3 Å². The normalized spacial score (nSPS) is 18.6. The third-order valence-corrected chi connectivity index (χ3v) is 5.26. The Morgan fingerprint density at radius 3 is 2.67 bits per heavy atom. The van der Waals surface area contributed by atoms with Crippen molar-refractivity contribution in [2.45, 2.75) is 29.5 Å². The molecular weight excluding hydrogens is 290 g/mol. The Balaban J connectivity index is 1.93. The molecule has 0 saturated carbocycles. The number of aryl methyl sites for hydroxylation is 1. The van der Waals surface area contributed by atoms with E-state index in [0.29, 0.717) is 5.56 Å². The van der Waals surface area contributed by atoms with Crippen molar-refractivity contribution >= 4 is 11.8 Å². The lowest BCUT2D eigenvalue weighted by Gasteiger charge is -2.23. The smallest absolute Gasteiger partial charge is 0.163 e. The summed E-state index contributed by atoms with van der Waals surface area (Å²) in [6.07, 6.45) is 0.782. The van der Waals surface area contributed by atoms with Crippen LogP contribution in [0.25, 0.3) is 0 Å². The SMILES string of the molecule is Cc1ccc(C(NN)C2Cc3ccccc3S2)c(F)c1F. The van der Waals surface area contributed by atoms with E-state index in [2.05, 4.69) is 11.5 Å². The zero-order valence-corrected chi connectivity index (χ0v) is 12.4. The van der Waals surface area contributed by atoms with Crippen molar-refractivity contribution in [2.75, 3.05) is 0 Å². The molecule has 1 heterocycles. The van der Waals surface area contributed by atoms with E-state index in [4.69, 9.17) is 5.84 Å². The highest BCUT2D eigenvalue weighted by atomic mass is 32.2. The molecule has 2 nitrogen and oxygen atoms in total. The molecule has 3 N–H and O–H groups in total. The predicted octanol–water partition coefficient (Wildman–Crippen LogP) is 3.49. The van der Waals surface area contributed by atoms with Crippen molar-refractivity contribution in [1.29, 1.82) is 0 Å². The summed E-state index contributed by atoms with van der Waals surface area (Å²) >= 11 is 1.65. The van der Waals surface area contributed by atoms with Gasteiger partial charge in [0.2, 0.25) is 0 Å². The fourth-order valence-electron chi connectivity index (χ4n) is 2.69. The molecule has 0 spiro atoms. The molecule has 2 aromatic rings. The summed E-state index contributed by atoms with van der Waals surface area (Å²) < 4.78 is 28.0. The van der Waals surface area contributed by atoms with E-state index < -0.39 is 17.7 Å². The molecule has 110 valence electrons.